The van der Waals surface area contributed by atoms with Crippen LogP contribution in [0.2, 0.25) is 0 Å². The van der Waals surface area contributed by atoms with Crippen molar-refractivity contribution >= 4 is 0 Å². The van der Waals surface area contributed by atoms with Crippen LogP contribution >= 0.6 is 0 Å². The predicted molar refractivity (Wildman–Crippen MR) is 63.7 cm³/mol. The Morgan fingerprint density at radius 1 is 1.47 bits per heavy atom. The lowest BCUT2D eigenvalue weighted by Crippen LogP contribution is -2.37. The standard InChI is InChI=1S/C13H23NO/c1-4-7-14-12(5-2)8-11-9-13(10-11)15-6-3/h2,11-14H,4,6-10H2,1,3H3. The van der Waals surface area contributed by atoms with E-state index < -0.39 is 0 Å². The van der Waals surface area contributed by atoms with Crippen molar-refractivity contribution < 1.29 is 4.74 Å². The average molecular weight is 209 g/mol. The Kier molecular flexibility index (Phi) is 5.75. The number of terminal acetylenes is 1. The van der Waals surface area contributed by atoms with E-state index in [0.29, 0.717) is 6.10 Å². The highest BCUT2D eigenvalue weighted by Crippen LogP contribution is 2.33. The second kappa shape index (κ2) is 6.87. The summed E-state index contributed by atoms with van der Waals surface area (Å²) in [6, 6.07) is 0.262. The third-order valence-corrected chi connectivity index (χ3v) is 3.01. The first-order valence-corrected chi connectivity index (χ1v) is 6.11. The summed E-state index contributed by atoms with van der Waals surface area (Å²) in [6.45, 7) is 6.08. The Bertz CT molecular complexity index is 203. The summed E-state index contributed by atoms with van der Waals surface area (Å²) in [6.07, 6.45) is 10.6. The van der Waals surface area contributed by atoms with E-state index in [9.17, 15) is 0 Å². The molecule has 0 saturated heterocycles. The zero-order valence-electron chi connectivity index (χ0n) is 9.96. The van der Waals surface area contributed by atoms with E-state index in [-0.39, 0.29) is 6.04 Å². The Morgan fingerprint density at radius 2 is 2.20 bits per heavy atom. The van der Waals surface area contributed by atoms with E-state index in [2.05, 4.69) is 25.1 Å². The van der Waals surface area contributed by atoms with Crippen molar-refractivity contribution in [3.8, 4) is 12.3 Å². The lowest BCUT2D eigenvalue weighted by atomic mass is 9.78. The van der Waals surface area contributed by atoms with Gasteiger partial charge in [0, 0.05) is 6.61 Å². The predicted octanol–water partition coefficient (Wildman–Crippen LogP) is 2.19. The van der Waals surface area contributed by atoms with Gasteiger partial charge in [0.05, 0.1) is 12.1 Å². The molecule has 1 aliphatic carbocycles. The summed E-state index contributed by atoms with van der Waals surface area (Å²) >= 11 is 0. The van der Waals surface area contributed by atoms with E-state index in [1.54, 1.807) is 0 Å². The summed E-state index contributed by atoms with van der Waals surface area (Å²) in [5.74, 6) is 3.60. The van der Waals surface area contributed by atoms with Crippen LogP contribution in [-0.4, -0.2) is 25.3 Å². The molecule has 0 spiro atoms. The molecular weight excluding hydrogens is 186 g/mol. The first kappa shape index (κ1) is 12.5. The van der Waals surface area contributed by atoms with Gasteiger partial charge in [0.1, 0.15) is 0 Å². The maximum Gasteiger partial charge on any atom is 0.0689 e. The molecule has 1 N–H and O–H groups in total. The van der Waals surface area contributed by atoms with E-state index in [1.807, 2.05) is 0 Å². The number of nitrogens with one attached hydrogen (secondary N) is 1. The molecule has 1 aliphatic rings. The average Bonchev–Trinajstić information content (AvgIpc) is 2.20. The van der Waals surface area contributed by atoms with E-state index in [4.69, 9.17) is 11.2 Å². The molecule has 1 unspecified atom stereocenters. The van der Waals surface area contributed by atoms with Gasteiger partial charge >= 0.3 is 0 Å². The fourth-order valence-corrected chi connectivity index (χ4v) is 2.10. The van der Waals surface area contributed by atoms with Gasteiger partial charge in [-0.25, -0.2) is 0 Å². The number of hydrogen-bond acceptors (Lipinski definition) is 2. The van der Waals surface area contributed by atoms with E-state index in [1.165, 1.54) is 12.8 Å². The van der Waals surface area contributed by atoms with Gasteiger partial charge in [0.25, 0.3) is 0 Å². The van der Waals surface area contributed by atoms with Crippen molar-refractivity contribution in [1.82, 2.24) is 5.32 Å². The van der Waals surface area contributed by atoms with Crippen molar-refractivity contribution in [2.24, 2.45) is 5.92 Å². The van der Waals surface area contributed by atoms with Crippen LogP contribution in [0.3, 0.4) is 0 Å². The molecule has 0 aromatic carbocycles. The van der Waals surface area contributed by atoms with E-state index in [0.717, 1.165) is 31.9 Å². The van der Waals surface area contributed by atoms with Crippen LogP contribution < -0.4 is 5.32 Å². The molecule has 0 bridgehead atoms. The molecule has 2 nitrogen and oxygen atoms in total. The van der Waals surface area contributed by atoms with Crippen molar-refractivity contribution in [2.75, 3.05) is 13.2 Å². The third kappa shape index (κ3) is 4.24. The van der Waals surface area contributed by atoms with Crippen molar-refractivity contribution in [3.63, 3.8) is 0 Å². The summed E-state index contributed by atoms with van der Waals surface area (Å²) in [5, 5.41) is 3.39. The molecule has 1 atom stereocenters. The van der Waals surface area contributed by atoms with Crippen LogP contribution in [0.1, 0.15) is 39.5 Å². The lowest BCUT2D eigenvalue weighted by molar-refractivity contribution is -0.0276. The Hall–Kier alpha value is -0.520. The summed E-state index contributed by atoms with van der Waals surface area (Å²) < 4.78 is 5.53. The Morgan fingerprint density at radius 3 is 2.73 bits per heavy atom. The normalized spacial score (nSPS) is 26.7. The molecule has 1 saturated carbocycles. The minimum atomic E-state index is 0.262. The molecule has 15 heavy (non-hydrogen) atoms. The summed E-state index contributed by atoms with van der Waals surface area (Å²) in [5.41, 5.74) is 0. The molecule has 0 heterocycles. The molecule has 0 amide bonds. The minimum Gasteiger partial charge on any atom is -0.378 e. The molecule has 1 rings (SSSR count). The second-order valence-electron chi connectivity index (χ2n) is 4.32. The first-order valence-electron chi connectivity index (χ1n) is 6.11. The van der Waals surface area contributed by atoms with Crippen molar-refractivity contribution in [2.45, 2.75) is 51.7 Å². The highest BCUT2D eigenvalue weighted by Gasteiger charge is 2.30. The van der Waals surface area contributed by atoms with Gasteiger partial charge in [-0.15, -0.1) is 6.42 Å². The van der Waals surface area contributed by atoms with Gasteiger partial charge in [-0.2, -0.15) is 0 Å². The number of ether oxygens (including phenoxy) is 1. The zero-order chi connectivity index (χ0) is 11.1. The quantitative estimate of drug-likeness (QED) is 0.649. The SMILES string of the molecule is C#CC(CC1CC(OCC)C1)NCCC. The molecule has 0 aliphatic heterocycles. The molecule has 0 radical (unpaired) electrons. The molecular formula is C13H23NO. The number of hydrogen-bond donors (Lipinski definition) is 1. The minimum absolute atomic E-state index is 0.262. The fraction of sp³-hybridized carbons (Fsp3) is 0.846. The molecule has 0 aromatic heterocycles. The van der Waals surface area contributed by atoms with Crippen LogP contribution in [-0.2, 0) is 4.74 Å². The van der Waals surface area contributed by atoms with Crippen LogP contribution in [0.15, 0.2) is 0 Å². The van der Waals surface area contributed by atoms with E-state index >= 15 is 0 Å². The van der Waals surface area contributed by atoms with Gasteiger partial charge < -0.3 is 10.1 Å². The smallest absolute Gasteiger partial charge is 0.0689 e. The topological polar surface area (TPSA) is 21.3 Å². The van der Waals surface area contributed by atoms with Gasteiger partial charge in [0.15, 0.2) is 0 Å². The second-order valence-corrected chi connectivity index (χ2v) is 4.32. The Balaban J connectivity index is 2.11. The molecule has 1 fully saturated rings. The van der Waals surface area contributed by atoms with Crippen LogP contribution in [0.25, 0.3) is 0 Å². The van der Waals surface area contributed by atoms with Crippen molar-refractivity contribution in [1.29, 1.82) is 0 Å². The molecule has 2 heteroatoms. The fourth-order valence-electron chi connectivity index (χ4n) is 2.10. The van der Waals surface area contributed by atoms with Crippen LogP contribution in [0.5, 0.6) is 0 Å². The van der Waals surface area contributed by atoms with Gasteiger partial charge in [-0.3, -0.25) is 0 Å². The summed E-state index contributed by atoms with van der Waals surface area (Å²) in [7, 11) is 0. The lowest BCUT2D eigenvalue weighted by Gasteiger charge is -2.36. The van der Waals surface area contributed by atoms with Gasteiger partial charge in [-0.1, -0.05) is 12.8 Å². The zero-order valence-corrected chi connectivity index (χ0v) is 9.96. The molecule has 0 aromatic rings. The monoisotopic (exact) mass is 209 g/mol. The maximum absolute atomic E-state index is 5.53. The third-order valence-electron chi connectivity index (χ3n) is 3.01. The maximum atomic E-state index is 5.53. The largest absolute Gasteiger partial charge is 0.378 e. The Labute approximate surface area is 93.8 Å². The number of rotatable bonds is 7. The van der Waals surface area contributed by atoms with Crippen LogP contribution in [0, 0.1) is 18.3 Å². The van der Waals surface area contributed by atoms with Gasteiger partial charge in [-0.05, 0) is 45.1 Å². The van der Waals surface area contributed by atoms with Crippen LogP contribution in [0.4, 0.5) is 0 Å². The highest BCUT2D eigenvalue weighted by molar-refractivity contribution is 5.01. The highest BCUT2D eigenvalue weighted by atomic mass is 16.5. The van der Waals surface area contributed by atoms with Gasteiger partial charge in [0.2, 0.25) is 0 Å². The van der Waals surface area contributed by atoms with Crippen molar-refractivity contribution in [3.05, 3.63) is 0 Å². The molecule has 86 valence electrons. The summed E-state index contributed by atoms with van der Waals surface area (Å²) in [4.78, 5) is 0. The first-order chi connectivity index (χ1) is 7.30.